The van der Waals surface area contributed by atoms with Gasteiger partial charge in [-0.1, -0.05) is 6.07 Å². The fourth-order valence-corrected chi connectivity index (χ4v) is 3.29. The Kier molecular flexibility index (Phi) is 6.32. The van der Waals surface area contributed by atoms with Gasteiger partial charge in [0.1, 0.15) is 5.82 Å². The first-order chi connectivity index (χ1) is 12.6. The summed E-state index contributed by atoms with van der Waals surface area (Å²) in [4.78, 5) is -0.686. The molecule has 0 atom stereocenters. The summed E-state index contributed by atoms with van der Waals surface area (Å²) in [7, 11) is -2.87. The van der Waals surface area contributed by atoms with Gasteiger partial charge in [-0.2, -0.15) is 13.2 Å². The highest BCUT2D eigenvalue weighted by Gasteiger charge is 2.35. The molecule has 2 rings (SSSR count). The molecule has 0 aliphatic heterocycles. The Morgan fingerprint density at radius 2 is 1.78 bits per heavy atom. The van der Waals surface area contributed by atoms with Crippen LogP contribution in [0.15, 0.2) is 41.3 Å². The minimum Gasteiger partial charge on any atom is -0.493 e. The van der Waals surface area contributed by atoms with Crippen LogP contribution >= 0.6 is 0 Å². The number of sulfonamides is 1. The van der Waals surface area contributed by atoms with Gasteiger partial charge < -0.3 is 9.47 Å². The van der Waals surface area contributed by atoms with Gasteiger partial charge in [-0.3, -0.25) is 0 Å². The van der Waals surface area contributed by atoms with Gasteiger partial charge >= 0.3 is 6.18 Å². The van der Waals surface area contributed by atoms with Crippen molar-refractivity contribution >= 4 is 10.0 Å². The van der Waals surface area contributed by atoms with E-state index in [1.54, 1.807) is 25.1 Å². The van der Waals surface area contributed by atoms with Crippen molar-refractivity contribution in [3.8, 4) is 11.5 Å². The van der Waals surface area contributed by atoms with Crippen LogP contribution in [0.2, 0.25) is 0 Å². The van der Waals surface area contributed by atoms with Crippen LogP contribution in [0.1, 0.15) is 18.1 Å². The molecule has 0 aromatic heterocycles. The van der Waals surface area contributed by atoms with Crippen LogP contribution in [-0.4, -0.2) is 22.1 Å². The average Bonchev–Trinajstić information content (AvgIpc) is 2.60. The lowest BCUT2D eigenvalue weighted by Crippen LogP contribution is -2.24. The van der Waals surface area contributed by atoms with E-state index in [0.717, 1.165) is 6.07 Å². The topological polar surface area (TPSA) is 64.6 Å². The van der Waals surface area contributed by atoms with E-state index in [9.17, 15) is 26.0 Å². The number of halogens is 4. The number of benzene rings is 2. The summed E-state index contributed by atoms with van der Waals surface area (Å²) >= 11 is 0. The minimum absolute atomic E-state index is 0.205. The maximum absolute atomic E-state index is 13.3. The molecule has 0 aliphatic rings. The largest absolute Gasteiger partial charge is 0.493 e. The van der Waals surface area contributed by atoms with Crippen LogP contribution < -0.4 is 14.2 Å². The summed E-state index contributed by atoms with van der Waals surface area (Å²) in [6.07, 6.45) is -5.00. The van der Waals surface area contributed by atoms with Gasteiger partial charge in [0, 0.05) is 6.54 Å². The highest BCUT2D eigenvalue weighted by Crippen LogP contribution is 2.33. The van der Waals surface area contributed by atoms with E-state index in [1.165, 1.54) is 7.11 Å². The summed E-state index contributed by atoms with van der Waals surface area (Å²) in [5.74, 6) is -0.688. The SMILES string of the molecule is CCOc1ccc(CNS(=O)(=O)c2ccc(F)c(C(F)(F)F)c2)cc1OC. The van der Waals surface area contributed by atoms with Crippen molar-refractivity contribution in [1.82, 2.24) is 4.72 Å². The minimum atomic E-state index is -5.00. The molecule has 0 saturated carbocycles. The normalized spacial score (nSPS) is 12.1. The van der Waals surface area contributed by atoms with E-state index in [4.69, 9.17) is 9.47 Å². The van der Waals surface area contributed by atoms with Gasteiger partial charge in [-0.25, -0.2) is 17.5 Å². The van der Waals surface area contributed by atoms with Crippen LogP contribution in [0.4, 0.5) is 17.6 Å². The predicted molar refractivity (Wildman–Crippen MR) is 89.6 cm³/mol. The van der Waals surface area contributed by atoms with Crippen molar-refractivity contribution in [2.75, 3.05) is 13.7 Å². The monoisotopic (exact) mass is 407 g/mol. The van der Waals surface area contributed by atoms with Gasteiger partial charge in [0.25, 0.3) is 0 Å². The van der Waals surface area contributed by atoms with E-state index in [2.05, 4.69) is 4.72 Å². The summed E-state index contributed by atoms with van der Waals surface area (Å²) in [5, 5.41) is 0. The Bertz CT molecular complexity index is 914. The summed E-state index contributed by atoms with van der Waals surface area (Å²) in [5.41, 5.74) is -1.15. The molecule has 27 heavy (non-hydrogen) atoms. The number of hydrogen-bond acceptors (Lipinski definition) is 4. The van der Waals surface area contributed by atoms with Gasteiger partial charge in [0.05, 0.1) is 24.2 Å². The fraction of sp³-hybridized carbons (Fsp3) is 0.294. The van der Waals surface area contributed by atoms with Gasteiger partial charge in [-0.05, 0) is 42.8 Å². The second-order valence-corrected chi connectivity index (χ2v) is 7.15. The number of alkyl halides is 3. The van der Waals surface area contributed by atoms with E-state index in [0.29, 0.717) is 29.7 Å². The lowest BCUT2D eigenvalue weighted by Gasteiger charge is -2.13. The molecule has 0 unspecified atom stereocenters. The molecule has 0 saturated heterocycles. The summed E-state index contributed by atoms with van der Waals surface area (Å²) in [6, 6.07) is 6.21. The first-order valence-electron chi connectivity index (χ1n) is 7.74. The highest BCUT2D eigenvalue weighted by atomic mass is 32.2. The second-order valence-electron chi connectivity index (χ2n) is 5.38. The molecule has 0 spiro atoms. The van der Waals surface area contributed by atoms with Crippen LogP contribution in [0.25, 0.3) is 0 Å². The zero-order chi connectivity index (χ0) is 20.2. The standard InChI is InChI=1S/C17H17F4NO4S/c1-3-26-15-7-4-11(8-16(15)25-2)10-22-27(23,24)12-5-6-14(18)13(9-12)17(19,20)21/h4-9,22H,3,10H2,1-2H3. The molecule has 2 aromatic carbocycles. The maximum atomic E-state index is 13.3. The molecular formula is C17H17F4NO4S. The lowest BCUT2D eigenvalue weighted by atomic mass is 10.2. The molecule has 2 aromatic rings. The zero-order valence-corrected chi connectivity index (χ0v) is 15.2. The summed E-state index contributed by atoms with van der Waals surface area (Å²) < 4.78 is 88.8. The third kappa shape index (κ3) is 5.10. The molecule has 0 bridgehead atoms. The number of hydrogen-bond donors (Lipinski definition) is 1. The lowest BCUT2D eigenvalue weighted by molar-refractivity contribution is -0.140. The Labute approximate surface area is 154 Å². The van der Waals surface area contributed by atoms with Crippen molar-refractivity contribution in [2.45, 2.75) is 24.5 Å². The molecule has 5 nitrogen and oxygen atoms in total. The van der Waals surface area contributed by atoms with Crippen molar-refractivity contribution in [3.63, 3.8) is 0 Å². The average molecular weight is 407 g/mol. The Morgan fingerprint density at radius 3 is 2.37 bits per heavy atom. The molecule has 0 amide bonds. The van der Waals surface area contributed by atoms with E-state index in [-0.39, 0.29) is 12.6 Å². The second kappa shape index (κ2) is 8.13. The highest BCUT2D eigenvalue weighted by molar-refractivity contribution is 7.89. The molecule has 148 valence electrons. The van der Waals surface area contributed by atoms with Gasteiger partial charge in [0.2, 0.25) is 10.0 Å². The van der Waals surface area contributed by atoms with E-state index < -0.39 is 32.5 Å². The number of ether oxygens (including phenoxy) is 2. The van der Waals surface area contributed by atoms with Crippen LogP contribution in [-0.2, 0) is 22.7 Å². The number of methoxy groups -OCH3 is 1. The van der Waals surface area contributed by atoms with Crippen LogP contribution in [0.3, 0.4) is 0 Å². The van der Waals surface area contributed by atoms with Crippen LogP contribution in [0.5, 0.6) is 11.5 Å². The molecule has 10 heteroatoms. The van der Waals surface area contributed by atoms with E-state index >= 15 is 0 Å². The Morgan fingerprint density at radius 1 is 1.07 bits per heavy atom. The maximum Gasteiger partial charge on any atom is 0.419 e. The molecule has 0 aliphatic carbocycles. The van der Waals surface area contributed by atoms with Crippen LogP contribution in [0, 0.1) is 5.82 Å². The van der Waals surface area contributed by atoms with E-state index in [1.807, 2.05) is 0 Å². The van der Waals surface area contributed by atoms with Crippen molar-refractivity contribution in [1.29, 1.82) is 0 Å². The molecule has 1 N–H and O–H groups in total. The Hall–Kier alpha value is -2.33. The van der Waals surface area contributed by atoms with Gasteiger partial charge in [-0.15, -0.1) is 0 Å². The molecular weight excluding hydrogens is 390 g/mol. The van der Waals surface area contributed by atoms with Gasteiger partial charge in [0.15, 0.2) is 11.5 Å². The third-order valence-corrected chi connectivity index (χ3v) is 4.95. The Balaban J connectivity index is 2.23. The first-order valence-corrected chi connectivity index (χ1v) is 9.23. The number of nitrogens with one attached hydrogen (secondary N) is 1. The number of rotatable bonds is 7. The van der Waals surface area contributed by atoms with Crippen molar-refractivity contribution in [2.24, 2.45) is 0 Å². The first kappa shape index (κ1) is 21.0. The van der Waals surface area contributed by atoms with Crippen molar-refractivity contribution < 1.29 is 35.5 Å². The molecule has 0 radical (unpaired) electrons. The zero-order valence-electron chi connectivity index (χ0n) is 14.4. The summed E-state index contributed by atoms with van der Waals surface area (Å²) in [6.45, 7) is 2.00. The molecule has 0 fully saturated rings. The smallest absolute Gasteiger partial charge is 0.419 e. The van der Waals surface area contributed by atoms with Crippen molar-refractivity contribution in [3.05, 3.63) is 53.3 Å². The quantitative estimate of drug-likeness (QED) is 0.711. The predicted octanol–water partition coefficient (Wildman–Crippen LogP) is 3.73. The molecule has 0 heterocycles. The third-order valence-electron chi connectivity index (χ3n) is 3.55. The fourth-order valence-electron chi connectivity index (χ4n) is 2.25.